The number of aromatic nitrogens is 1. The van der Waals surface area contributed by atoms with Crippen LogP contribution in [0.1, 0.15) is 46.1 Å². The molecular formula is C16H29N3O. The molecule has 1 aromatic rings. The van der Waals surface area contributed by atoms with E-state index < -0.39 is 6.10 Å². The van der Waals surface area contributed by atoms with Crippen LogP contribution < -0.4 is 5.73 Å². The first-order valence-corrected chi connectivity index (χ1v) is 7.68. The van der Waals surface area contributed by atoms with Crippen molar-refractivity contribution in [3.05, 3.63) is 23.9 Å². The number of anilines is 1. The molecule has 0 saturated carbocycles. The zero-order chi connectivity index (χ0) is 15.2. The van der Waals surface area contributed by atoms with Crippen LogP contribution in [0.3, 0.4) is 0 Å². The minimum Gasteiger partial charge on any atom is -0.391 e. The molecule has 1 unspecified atom stereocenters. The number of rotatable bonds is 8. The van der Waals surface area contributed by atoms with Crippen molar-refractivity contribution in [2.45, 2.75) is 58.6 Å². The molecule has 4 heteroatoms. The molecule has 0 bridgehead atoms. The highest BCUT2D eigenvalue weighted by Crippen LogP contribution is 2.30. The summed E-state index contributed by atoms with van der Waals surface area (Å²) in [6.07, 6.45) is 3.64. The maximum Gasteiger partial charge on any atom is 0.126 e. The Morgan fingerprint density at radius 1 is 1.25 bits per heavy atom. The van der Waals surface area contributed by atoms with Crippen molar-refractivity contribution in [3.63, 3.8) is 0 Å². The van der Waals surface area contributed by atoms with Gasteiger partial charge in [0.1, 0.15) is 5.82 Å². The molecule has 0 saturated heterocycles. The lowest BCUT2D eigenvalue weighted by atomic mass is 9.81. The van der Waals surface area contributed by atoms with Crippen molar-refractivity contribution in [2.24, 2.45) is 0 Å². The van der Waals surface area contributed by atoms with Gasteiger partial charge >= 0.3 is 0 Å². The van der Waals surface area contributed by atoms with Crippen LogP contribution in [0.4, 0.5) is 5.82 Å². The summed E-state index contributed by atoms with van der Waals surface area (Å²) in [6.45, 7) is 10.5. The molecule has 1 atom stereocenters. The van der Waals surface area contributed by atoms with Crippen LogP contribution in [0.25, 0.3) is 0 Å². The number of aliphatic hydroxyl groups excluding tert-OH is 1. The van der Waals surface area contributed by atoms with E-state index in [2.05, 4.69) is 37.6 Å². The number of nitrogen functional groups attached to an aromatic ring is 1. The van der Waals surface area contributed by atoms with Crippen molar-refractivity contribution in [1.29, 1.82) is 0 Å². The van der Waals surface area contributed by atoms with Gasteiger partial charge in [0, 0.05) is 18.2 Å². The number of nitrogens with two attached hydrogens (primary N) is 1. The van der Waals surface area contributed by atoms with Gasteiger partial charge in [0.15, 0.2) is 0 Å². The third-order valence-corrected chi connectivity index (χ3v) is 4.58. The van der Waals surface area contributed by atoms with Crippen molar-refractivity contribution in [1.82, 2.24) is 9.88 Å². The summed E-state index contributed by atoms with van der Waals surface area (Å²) in [5, 5.41) is 10.8. The standard InChI is InChI=1S/C16H29N3O/c1-5-16(6-2,19(7-3)8-4)14(20)12-13-10-9-11-18-15(13)17/h9-11,14,20H,5-8,12H2,1-4H3,(H2,17,18). The van der Waals surface area contributed by atoms with E-state index in [9.17, 15) is 5.11 Å². The second-order valence-corrected chi connectivity index (χ2v) is 5.25. The maximum absolute atomic E-state index is 10.8. The van der Waals surface area contributed by atoms with Gasteiger partial charge < -0.3 is 10.8 Å². The van der Waals surface area contributed by atoms with Crippen molar-refractivity contribution >= 4 is 5.82 Å². The highest BCUT2D eigenvalue weighted by molar-refractivity contribution is 5.39. The zero-order valence-corrected chi connectivity index (χ0v) is 13.3. The molecule has 0 amide bonds. The highest BCUT2D eigenvalue weighted by atomic mass is 16.3. The number of aliphatic hydroxyl groups is 1. The molecule has 20 heavy (non-hydrogen) atoms. The molecule has 0 radical (unpaired) electrons. The third kappa shape index (κ3) is 3.30. The lowest BCUT2D eigenvalue weighted by Gasteiger charge is -2.46. The number of hydrogen-bond donors (Lipinski definition) is 2. The summed E-state index contributed by atoms with van der Waals surface area (Å²) in [7, 11) is 0. The van der Waals surface area contributed by atoms with Gasteiger partial charge in [0.05, 0.1) is 6.10 Å². The second-order valence-electron chi connectivity index (χ2n) is 5.25. The molecule has 4 nitrogen and oxygen atoms in total. The summed E-state index contributed by atoms with van der Waals surface area (Å²) in [5.74, 6) is 0.521. The third-order valence-electron chi connectivity index (χ3n) is 4.58. The van der Waals surface area contributed by atoms with Crippen LogP contribution in [-0.4, -0.2) is 39.7 Å². The number of likely N-dealkylation sites (N-methyl/N-ethyl adjacent to an activating group) is 1. The predicted octanol–water partition coefficient (Wildman–Crippen LogP) is 2.47. The molecule has 3 N–H and O–H groups in total. The van der Waals surface area contributed by atoms with Gasteiger partial charge in [-0.1, -0.05) is 33.8 Å². The number of nitrogens with zero attached hydrogens (tertiary/aromatic N) is 2. The topological polar surface area (TPSA) is 62.4 Å². The summed E-state index contributed by atoms with van der Waals surface area (Å²) >= 11 is 0. The first-order valence-electron chi connectivity index (χ1n) is 7.68. The highest BCUT2D eigenvalue weighted by Gasteiger charge is 2.39. The molecule has 0 aliphatic rings. The van der Waals surface area contributed by atoms with Gasteiger partial charge in [0.25, 0.3) is 0 Å². The number of pyridine rings is 1. The maximum atomic E-state index is 10.8. The Kier molecular flexibility index (Phi) is 6.43. The monoisotopic (exact) mass is 279 g/mol. The normalized spacial score (nSPS) is 13.7. The largest absolute Gasteiger partial charge is 0.391 e. The molecule has 1 heterocycles. The van der Waals surface area contributed by atoms with Crippen LogP contribution in [0.5, 0.6) is 0 Å². The van der Waals surface area contributed by atoms with Gasteiger partial charge in [-0.2, -0.15) is 0 Å². The average Bonchev–Trinajstić information content (AvgIpc) is 2.47. The predicted molar refractivity (Wildman–Crippen MR) is 84.6 cm³/mol. The quantitative estimate of drug-likeness (QED) is 0.767. The molecule has 114 valence electrons. The molecule has 0 fully saturated rings. The molecule has 0 spiro atoms. The van der Waals surface area contributed by atoms with Crippen LogP contribution in [0.15, 0.2) is 18.3 Å². The fourth-order valence-electron chi connectivity index (χ4n) is 3.25. The van der Waals surface area contributed by atoms with E-state index >= 15 is 0 Å². The Hall–Kier alpha value is -1.13. The summed E-state index contributed by atoms with van der Waals surface area (Å²) in [5.41, 5.74) is 6.64. The molecule has 0 aromatic carbocycles. The molecular weight excluding hydrogens is 250 g/mol. The Morgan fingerprint density at radius 3 is 2.30 bits per heavy atom. The van der Waals surface area contributed by atoms with Gasteiger partial charge in [-0.15, -0.1) is 0 Å². The van der Waals surface area contributed by atoms with Crippen LogP contribution in [0, 0.1) is 0 Å². The Bertz CT molecular complexity index is 400. The van der Waals surface area contributed by atoms with Gasteiger partial charge in [-0.25, -0.2) is 4.98 Å². The van der Waals surface area contributed by atoms with E-state index in [4.69, 9.17) is 5.73 Å². The van der Waals surface area contributed by atoms with Gasteiger partial charge in [-0.3, -0.25) is 4.90 Å². The number of hydrogen-bond acceptors (Lipinski definition) is 4. The molecule has 0 aliphatic carbocycles. The van der Waals surface area contributed by atoms with E-state index in [1.54, 1.807) is 6.20 Å². The zero-order valence-electron chi connectivity index (χ0n) is 13.3. The second kappa shape index (κ2) is 7.60. The van der Waals surface area contributed by atoms with Crippen molar-refractivity contribution in [2.75, 3.05) is 18.8 Å². The molecule has 0 aliphatic heterocycles. The summed E-state index contributed by atoms with van der Waals surface area (Å²) in [4.78, 5) is 6.47. The SMILES string of the molecule is CCN(CC)C(CC)(CC)C(O)Cc1cccnc1N. The smallest absolute Gasteiger partial charge is 0.126 e. The Labute approximate surface area is 123 Å². The molecule has 1 aromatic heterocycles. The summed E-state index contributed by atoms with van der Waals surface area (Å²) < 4.78 is 0. The average molecular weight is 279 g/mol. The van der Waals surface area contributed by atoms with Gasteiger partial charge in [0.2, 0.25) is 0 Å². The first kappa shape index (κ1) is 16.9. The van der Waals surface area contributed by atoms with E-state index in [-0.39, 0.29) is 5.54 Å². The summed E-state index contributed by atoms with van der Waals surface area (Å²) in [6, 6.07) is 3.82. The van der Waals surface area contributed by atoms with Crippen LogP contribution in [-0.2, 0) is 6.42 Å². The lowest BCUT2D eigenvalue weighted by molar-refractivity contribution is -0.0340. The van der Waals surface area contributed by atoms with Crippen LogP contribution in [0.2, 0.25) is 0 Å². The van der Waals surface area contributed by atoms with E-state index in [0.29, 0.717) is 12.2 Å². The first-order chi connectivity index (χ1) is 9.55. The lowest BCUT2D eigenvalue weighted by Crippen LogP contribution is -2.56. The molecule has 1 rings (SSSR count). The van der Waals surface area contributed by atoms with Crippen molar-refractivity contribution in [3.8, 4) is 0 Å². The van der Waals surface area contributed by atoms with Crippen molar-refractivity contribution < 1.29 is 5.11 Å². The van der Waals surface area contributed by atoms with E-state index in [0.717, 1.165) is 31.5 Å². The Morgan fingerprint density at radius 2 is 1.85 bits per heavy atom. The fourth-order valence-corrected chi connectivity index (χ4v) is 3.25. The van der Waals surface area contributed by atoms with Crippen LogP contribution >= 0.6 is 0 Å². The minimum absolute atomic E-state index is 0.189. The Balaban J connectivity index is 3.00. The minimum atomic E-state index is -0.441. The fraction of sp³-hybridized carbons (Fsp3) is 0.688. The van der Waals surface area contributed by atoms with E-state index in [1.165, 1.54) is 0 Å². The van der Waals surface area contributed by atoms with E-state index in [1.807, 2.05) is 12.1 Å². The van der Waals surface area contributed by atoms with Gasteiger partial charge in [-0.05, 0) is 37.6 Å².